The highest BCUT2D eigenvalue weighted by Gasteiger charge is 2.29. The van der Waals surface area contributed by atoms with Gasteiger partial charge in [0.25, 0.3) is 11.1 Å². The number of halogens is 2. The summed E-state index contributed by atoms with van der Waals surface area (Å²) in [7, 11) is 0. The second-order valence-corrected chi connectivity index (χ2v) is 8.65. The summed E-state index contributed by atoms with van der Waals surface area (Å²) >= 11 is 0. The lowest BCUT2D eigenvalue weighted by atomic mass is 10.0. The second-order valence-electron chi connectivity index (χ2n) is 8.65. The van der Waals surface area contributed by atoms with Crippen LogP contribution in [-0.2, 0) is 13.1 Å². The maximum absolute atomic E-state index is 13.4. The average molecular weight is 460 g/mol. The van der Waals surface area contributed by atoms with E-state index >= 15 is 0 Å². The third kappa shape index (κ3) is 4.22. The number of likely N-dealkylation sites (tertiary alicyclic amines) is 1. The predicted molar refractivity (Wildman–Crippen MR) is 124 cm³/mol. The Morgan fingerprint density at radius 3 is 2.66 bits per heavy atom. The van der Waals surface area contributed by atoms with Crippen LogP contribution in [0.4, 0.5) is 4.39 Å². The number of hydrogen-bond acceptors (Lipinski definition) is 5. The molecule has 2 aliphatic heterocycles. The molecule has 1 atom stereocenters. The summed E-state index contributed by atoms with van der Waals surface area (Å²) in [5.41, 5.74) is 2.84. The highest BCUT2D eigenvalue weighted by Crippen LogP contribution is 2.24. The molecule has 0 amide bonds. The molecular formula is C23H27ClFN5O2. The van der Waals surface area contributed by atoms with Crippen LogP contribution in [-0.4, -0.2) is 44.7 Å². The smallest absolute Gasteiger partial charge is 0.270 e. The van der Waals surface area contributed by atoms with Gasteiger partial charge in [0.05, 0.1) is 12.2 Å². The first kappa shape index (κ1) is 22.6. The van der Waals surface area contributed by atoms with E-state index in [9.17, 15) is 14.0 Å². The second kappa shape index (κ2) is 9.13. The first-order valence-electron chi connectivity index (χ1n) is 10.8. The van der Waals surface area contributed by atoms with Crippen LogP contribution in [0.15, 0.2) is 46.1 Å². The van der Waals surface area contributed by atoms with Crippen molar-refractivity contribution in [1.29, 1.82) is 0 Å². The van der Waals surface area contributed by atoms with Crippen LogP contribution in [0.25, 0.3) is 11.2 Å². The number of aromatic nitrogens is 3. The lowest BCUT2D eigenvalue weighted by Gasteiger charge is -2.34. The van der Waals surface area contributed by atoms with Crippen molar-refractivity contribution in [3.8, 4) is 0 Å². The summed E-state index contributed by atoms with van der Waals surface area (Å²) in [5.74, 6) is -0.168. The highest BCUT2D eigenvalue weighted by atomic mass is 35.5. The van der Waals surface area contributed by atoms with Crippen molar-refractivity contribution in [3.05, 3.63) is 74.2 Å². The fourth-order valence-corrected chi connectivity index (χ4v) is 4.86. The monoisotopic (exact) mass is 459 g/mol. The first-order valence-corrected chi connectivity index (χ1v) is 10.8. The summed E-state index contributed by atoms with van der Waals surface area (Å²) in [6, 6.07) is 8.82. The molecule has 1 N–H and O–H groups in total. The number of pyridine rings is 1. The van der Waals surface area contributed by atoms with Crippen molar-refractivity contribution in [2.45, 2.75) is 44.9 Å². The fourth-order valence-electron chi connectivity index (χ4n) is 4.86. The third-order valence-corrected chi connectivity index (χ3v) is 6.55. The zero-order valence-corrected chi connectivity index (χ0v) is 18.8. The van der Waals surface area contributed by atoms with E-state index in [1.165, 1.54) is 18.3 Å². The molecule has 1 saturated heterocycles. The summed E-state index contributed by atoms with van der Waals surface area (Å²) in [4.78, 5) is 31.4. The van der Waals surface area contributed by atoms with Gasteiger partial charge in [0.15, 0.2) is 0 Å². The molecular weight excluding hydrogens is 433 g/mol. The fraction of sp³-hybridized carbons (Fsp3) is 0.435. The van der Waals surface area contributed by atoms with Crippen molar-refractivity contribution >= 4 is 23.6 Å². The Morgan fingerprint density at radius 2 is 1.91 bits per heavy atom. The maximum Gasteiger partial charge on any atom is 0.270 e. The van der Waals surface area contributed by atoms with Crippen LogP contribution in [0.2, 0.25) is 0 Å². The normalized spacial score (nSPS) is 18.8. The summed E-state index contributed by atoms with van der Waals surface area (Å²) in [6.45, 7) is 5.64. The van der Waals surface area contributed by atoms with Crippen LogP contribution in [0.3, 0.4) is 0 Å². The van der Waals surface area contributed by atoms with Crippen LogP contribution in [0.5, 0.6) is 0 Å². The van der Waals surface area contributed by atoms with Gasteiger partial charge in [-0.1, -0.05) is 12.1 Å². The Morgan fingerprint density at radius 1 is 1.12 bits per heavy atom. The van der Waals surface area contributed by atoms with Gasteiger partial charge in [0.2, 0.25) is 0 Å². The highest BCUT2D eigenvalue weighted by molar-refractivity contribution is 5.85. The van der Waals surface area contributed by atoms with Crippen molar-refractivity contribution in [1.82, 2.24) is 24.3 Å². The molecule has 32 heavy (non-hydrogen) atoms. The molecule has 2 aliphatic rings. The third-order valence-electron chi connectivity index (χ3n) is 6.55. The SMILES string of the molecule is Cc1cc(CNC2CCN(C[C@@H]3Cn4c(=O)ccc5ncc(=O)n3c54)CC2)ccc1F.Cl. The van der Waals surface area contributed by atoms with Gasteiger partial charge in [-0.25, -0.2) is 9.37 Å². The van der Waals surface area contributed by atoms with E-state index in [4.69, 9.17) is 0 Å². The minimum atomic E-state index is -0.168. The lowest BCUT2D eigenvalue weighted by molar-refractivity contribution is 0.171. The Hall–Kier alpha value is -2.55. The van der Waals surface area contributed by atoms with Gasteiger partial charge >= 0.3 is 0 Å². The molecule has 7 nitrogen and oxygen atoms in total. The quantitative estimate of drug-likeness (QED) is 0.633. The molecule has 170 valence electrons. The summed E-state index contributed by atoms with van der Waals surface area (Å²) in [5, 5.41) is 3.59. The molecule has 9 heteroatoms. The van der Waals surface area contributed by atoms with E-state index in [1.54, 1.807) is 22.1 Å². The molecule has 3 aromatic rings. The van der Waals surface area contributed by atoms with Gasteiger partial charge in [0.1, 0.15) is 17.0 Å². The number of aryl methyl sites for hydroxylation is 1. The molecule has 1 aromatic carbocycles. The number of hydrogen-bond donors (Lipinski definition) is 1. The van der Waals surface area contributed by atoms with E-state index in [2.05, 4.69) is 15.2 Å². The van der Waals surface area contributed by atoms with Crippen molar-refractivity contribution in [2.75, 3.05) is 19.6 Å². The molecule has 4 heterocycles. The molecule has 0 bridgehead atoms. The van der Waals surface area contributed by atoms with E-state index < -0.39 is 0 Å². The van der Waals surface area contributed by atoms with Gasteiger partial charge in [-0.2, -0.15) is 0 Å². The standard InChI is InChI=1S/C23H26FN5O2.ClH/c1-15-10-16(2-3-19(15)24)11-25-17-6-8-27(9-7-17)13-18-14-28-21(30)5-4-20-23(28)29(18)22(31)12-26-20;/h2-5,10,12,17-18,25H,6-9,11,13-14H2,1H3;1H/t18-;/m1./s1. The van der Waals surface area contributed by atoms with E-state index in [0.29, 0.717) is 29.3 Å². The zero-order valence-electron chi connectivity index (χ0n) is 18.0. The molecule has 0 saturated carbocycles. The first-order chi connectivity index (χ1) is 15.0. The minimum Gasteiger partial charge on any atom is -0.310 e. The number of benzene rings is 1. The van der Waals surface area contributed by atoms with Gasteiger partial charge in [0, 0.05) is 31.7 Å². The van der Waals surface area contributed by atoms with E-state index in [-0.39, 0.29) is 35.4 Å². The summed E-state index contributed by atoms with van der Waals surface area (Å²) in [6.07, 6.45) is 3.38. The van der Waals surface area contributed by atoms with Crippen molar-refractivity contribution in [2.24, 2.45) is 0 Å². The van der Waals surface area contributed by atoms with Gasteiger partial charge in [-0.05, 0) is 56.1 Å². The van der Waals surface area contributed by atoms with Gasteiger partial charge < -0.3 is 10.2 Å². The molecule has 0 radical (unpaired) electrons. The minimum absolute atomic E-state index is 0. The molecule has 0 aliphatic carbocycles. The Labute approximate surface area is 191 Å². The number of nitrogens with one attached hydrogen (secondary N) is 1. The predicted octanol–water partition coefficient (Wildman–Crippen LogP) is 2.24. The molecule has 2 aromatic heterocycles. The largest absolute Gasteiger partial charge is 0.310 e. The number of rotatable bonds is 5. The molecule has 0 unspecified atom stereocenters. The number of piperidine rings is 1. The van der Waals surface area contributed by atoms with Crippen LogP contribution in [0.1, 0.15) is 30.0 Å². The lowest BCUT2D eigenvalue weighted by Crippen LogP contribution is -2.44. The topological polar surface area (TPSA) is 72.2 Å². The molecule has 1 fully saturated rings. The Kier molecular flexibility index (Phi) is 6.46. The van der Waals surface area contributed by atoms with Crippen molar-refractivity contribution < 1.29 is 4.39 Å². The van der Waals surface area contributed by atoms with Crippen LogP contribution >= 0.6 is 12.4 Å². The van der Waals surface area contributed by atoms with Crippen LogP contribution in [0, 0.1) is 12.7 Å². The summed E-state index contributed by atoms with van der Waals surface area (Å²) < 4.78 is 16.9. The molecule has 5 rings (SSSR count). The zero-order chi connectivity index (χ0) is 21.5. The molecule has 0 spiro atoms. The van der Waals surface area contributed by atoms with Crippen LogP contribution < -0.4 is 16.4 Å². The maximum atomic E-state index is 13.4. The average Bonchev–Trinajstić information content (AvgIpc) is 3.15. The Bertz CT molecular complexity index is 1240. The van der Waals surface area contributed by atoms with E-state index in [0.717, 1.165) is 44.6 Å². The number of nitrogens with zero attached hydrogens (tertiary/aromatic N) is 4. The van der Waals surface area contributed by atoms with Crippen molar-refractivity contribution in [3.63, 3.8) is 0 Å². The van der Waals surface area contributed by atoms with Gasteiger partial charge in [-0.3, -0.25) is 18.7 Å². The van der Waals surface area contributed by atoms with Gasteiger partial charge in [-0.15, -0.1) is 12.4 Å². The van der Waals surface area contributed by atoms with E-state index in [1.807, 2.05) is 12.1 Å². The Balaban J connectivity index is 0.00000245.